The fourth-order valence-corrected chi connectivity index (χ4v) is 3.04. The van der Waals surface area contributed by atoms with E-state index in [1.165, 1.54) is 49.0 Å². The van der Waals surface area contributed by atoms with Crippen molar-refractivity contribution in [2.45, 2.75) is 25.7 Å². The number of hydrogen-bond donors (Lipinski definition) is 1. The molecule has 1 heteroatoms. The lowest BCUT2D eigenvalue weighted by molar-refractivity contribution is 0.372. The predicted molar refractivity (Wildman–Crippen MR) is 85.0 cm³/mol. The Balaban J connectivity index is 1.59. The van der Waals surface area contributed by atoms with Gasteiger partial charge in [-0.2, -0.15) is 0 Å². The highest BCUT2D eigenvalue weighted by molar-refractivity contribution is 5.28. The lowest BCUT2D eigenvalue weighted by Gasteiger charge is -2.22. The van der Waals surface area contributed by atoms with Crippen molar-refractivity contribution in [3.63, 3.8) is 0 Å². The topological polar surface area (TPSA) is 12.0 Å². The lowest BCUT2D eigenvalue weighted by Crippen LogP contribution is -2.28. The fourth-order valence-electron chi connectivity index (χ4n) is 3.04. The third kappa shape index (κ3) is 3.71. The van der Waals surface area contributed by atoms with Gasteiger partial charge in [-0.1, -0.05) is 54.6 Å². The Labute approximate surface area is 122 Å². The second-order valence-corrected chi connectivity index (χ2v) is 5.88. The first-order chi connectivity index (χ1) is 9.90. The number of piperidine rings is 1. The molecule has 1 aliphatic heterocycles. The monoisotopic (exact) mass is 265 g/mol. The number of benzene rings is 2. The predicted octanol–water partition coefficient (Wildman–Crippen LogP) is 3.82. The normalized spacial score (nSPS) is 16.2. The first-order valence-corrected chi connectivity index (χ1v) is 7.72. The van der Waals surface area contributed by atoms with Gasteiger partial charge in [-0.25, -0.2) is 0 Å². The summed E-state index contributed by atoms with van der Waals surface area (Å²) in [5.74, 6) is 0.872. The minimum Gasteiger partial charge on any atom is -0.317 e. The van der Waals surface area contributed by atoms with Gasteiger partial charge in [0.05, 0.1) is 0 Å². The summed E-state index contributed by atoms with van der Waals surface area (Å²) < 4.78 is 0. The third-order valence-electron chi connectivity index (χ3n) is 4.26. The van der Waals surface area contributed by atoms with Crippen LogP contribution in [0, 0.1) is 5.92 Å². The molecule has 0 bridgehead atoms. The van der Waals surface area contributed by atoms with Crippen LogP contribution in [0.2, 0.25) is 0 Å². The van der Waals surface area contributed by atoms with E-state index in [4.69, 9.17) is 0 Å². The van der Waals surface area contributed by atoms with Gasteiger partial charge in [-0.3, -0.25) is 0 Å². The van der Waals surface area contributed by atoms with Gasteiger partial charge in [-0.15, -0.1) is 0 Å². The van der Waals surface area contributed by atoms with Gasteiger partial charge in [-0.05, 0) is 61.4 Å². The van der Waals surface area contributed by atoms with E-state index in [0.29, 0.717) is 0 Å². The van der Waals surface area contributed by atoms with Crippen molar-refractivity contribution < 1.29 is 0 Å². The van der Waals surface area contributed by atoms with Crippen LogP contribution in [0.3, 0.4) is 0 Å². The molecule has 2 aromatic rings. The van der Waals surface area contributed by atoms with Crippen LogP contribution in [0.25, 0.3) is 0 Å². The summed E-state index contributed by atoms with van der Waals surface area (Å²) in [4.78, 5) is 0. The summed E-state index contributed by atoms with van der Waals surface area (Å²) in [5, 5.41) is 3.44. The highest BCUT2D eigenvalue weighted by atomic mass is 14.9. The standard InChI is InChI=1S/C19H23N/c1-2-4-16(5-3-1)14-17-6-8-18(9-7-17)15-19-10-12-20-13-11-19/h1-9,19-20H,10-15H2. The van der Waals surface area contributed by atoms with E-state index in [1.807, 2.05) is 0 Å². The molecule has 104 valence electrons. The molecule has 1 saturated heterocycles. The van der Waals surface area contributed by atoms with Crippen LogP contribution in [-0.4, -0.2) is 13.1 Å². The molecule has 0 aliphatic carbocycles. The van der Waals surface area contributed by atoms with Gasteiger partial charge < -0.3 is 5.32 Å². The maximum absolute atomic E-state index is 3.44. The molecule has 1 heterocycles. The molecule has 1 N–H and O–H groups in total. The van der Waals surface area contributed by atoms with Crippen molar-refractivity contribution in [1.82, 2.24) is 5.32 Å². The summed E-state index contributed by atoms with van der Waals surface area (Å²) >= 11 is 0. The van der Waals surface area contributed by atoms with Crippen LogP contribution >= 0.6 is 0 Å². The van der Waals surface area contributed by atoms with Crippen LogP contribution in [0.5, 0.6) is 0 Å². The molecule has 20 heavy (non-hydrogen) atoms. The Morgan fingerprint density at radius 3 is 2.05 bits per heavy atom. The quantitative estimate of drug-likeness (QED) is 0.886. The molecule has 0 spiro atoms. The van der Waals surface area contributed by atoms with E-state index >= 15 is 0 Å². The summed E-state index contributed by atoms with van der Waals surface area (Å²) in [5.41, 5.74) is 4.29. The zero-order valence-corrected chi connectivity index (χ0v) is 12.0. The van der Waals surface area contributed by atoms with Crippen molar-refractivity contribution in [2.75, 3.05) is 13.1 Å². The average molecular weight is 265 g/mol. The van der Waals surface area contributed by atoms with Gasteiger partial charge in [0.15, 0.2) is 0 Å². The van der Waals surface area contributed by atoms with Gasteiger partial charge in [0, 0.05) is 0 Å². The van der Waals surface area contributed by atoms with Crippen molar-refractivity contribution in [3.05, 3.63) is 71.3 Å². The molecule has 0 atom stereocenters. The van der Waals surface area contributed by atoms with E-state index < -0.39 is 0 Å². The molecule has 1 fully saturated rings. The van der Waals surface area contributed by atoms with Gasteiger partial charge in [0.1, 0.15) is 0 Å². The van der Waals surface area contributed by atoms with Crippen molar-refractivity contribution in [2.24, 2.45) is 5.92 Å². The van der Waals surface area contributed by atoms with E-state index in [9.17, 15) is 0 Å². The van der Waals surface area contributed by atoms with Crippen molar-refractivity contribution >= 4 is 0 Å². The summed E-state index contributed by atoms with van der Waals surface area (Å²) in [6.45, 7) is 2.38. The van der Waals surface area contributed by atoms with Crippen LogP contribution < -0.4 is 5.32 Å². The SMILES string of the molecule is c1ccc(Cc2ccc(CC3CCNCC3)cc2)cc1. The fraction of sp³-hybridized carbons (Fsp3) is 0.368. The first-order valence-electron chi connectivity index (χ1n) is 7.72. The second-order valence-electron chi connectivity index (χ2n) is 5.88. The van der Waals surface area contributed by atoms with Crippen LogP contribution in [0.15, 0.2) is 54.6 Å². The Kier molecular flexibility index (Phi) is 4.49. The van der Waals surface area contributed by atoms with E-state index in [-0.39, 0.29) is 0 Å². The highest BCUT2D eigenvalue weighted by Crippen LogP contribution is 2.19. The molecule has 0 unspecified atom stereocenters. The van der Waals surface area contributed by atoms with Crippen LogP contribution in [-0.2, 0) is 12.8 Å². The third-order valence-corrected chi connectivity index (χ3v) is 4.26. The minimum atomic E-state index is 0.872. The van der Waals surface area contributed by atoms with Crippen LogP contribution in [0.1, 0.15) is 29.5 Å². The zero-order chi connectivity index (χ0) is 13.6. The molecular formula is C19H23N. The van der Waals surface area contributed by atoms with E-state index in [0.717, 1.165) is 12.3 Å². The van der Waals surface area contributed by atoms with E-state index in [1.54, 1.807) is 0 Å². The Bertz CT molecular complexity index is 509. The minimum absolute atomic E-state index is 0.872. The first kappa shape index (κ1) is 13.4. The largest absolute Gasteiger partial charge is 0.317 e. The summed E-state index contributed by atoms with van der Waals surface area (Å²) in [7, 11) is 0. The van der Waals surface area contributed by atoms with Gasteiger partial charge in [0.25, 0.3) is 0 Å². The maximum Gasteiger partial charge on any atom is -0.00258 e. The van der Waals surface area contributed by atoms with E-state index in [2.05, 4.69) is 59.9 Å². The molecule has 0 amide bonds. The smallest absolute Gasteiger partial charge is 0.00258 e. The van der Waals surface area contributed by atoms with Crippen LogP contribution in [0.4, 0.5) is 0 Å². The Morgan fingerprint density at radius 1 is 0.750 bits per heavy atom. The van der Waals surface area contributed by atoms with Gasteiger partial charge >= 0.3 is 0 Å². The molecule has 2 aromatic carbocycles. The number of hydrogen-bond acceptors (Lipinski definition) is 1. The molecule has 0 aromatic heterocycles. The average Bonchev–Trinajstić information content (AvgIpc) is 2.51. The molecule has 1 nitrogen and oxygen atoms in total. The van der Waals surface area contributed by atoms with Crippen molar-refractivity contribution in [1.29, 1.82) is 0 Å². The molecule has 0 saturated carbocycles. The Morgan fingerprint density at radius 2 is 1.35 bits per heavy atom. The van der Waals surface area contributed by atoms with Gasteiger partial charge in [0.2, 0.25) is 0 Å². The highest BCUT2D eigenvalue weighted by Gasteiger charge is 2.13. The second kappa shape index (κ2) is 6.71. The number of rotatable bonds is 4. The molecule has 1 aliphatic rings. The van der Waals surface area contributed by atoms with Crippen molar-refractivity contribution in [3.8, 4) is 0 Å². The molecule has 0 radical (unpaired) electrons. The summed E-state index contributed by atoms with van der Waals surface area (Å²) in [6.07, 6.45) is 4.93. The summed E-state index contributed by atoms with van der Waals surface area (Å²) in [6, 6.07) is 19.9. The molecular weight excluding hydrogens is 242 g/mol. The number of nitrogens with one attached hydrogen (secondary N) is 1. The lowest BCUT2D eigenvalue weighted by atomic mass is 9.90. The molecule has 3 rings (SSSR count). The zero-order valence-electron chi connectivity index (χ0n) is 12.0. The maximum atomic E-state index is 3.44. The Hall–Kier alpha value is -1.60.